The molecule has 0 aromatic carbocycles. The van der Waals surface area contributed by atoms with Crippen LogP contribution in [0.3, 0.4) is 0 Å². The van der Waals surface area contributed by atoms with Crippen LogP contribution >= 0.6 is 0 Å². The molecule has 6 heteroatoms. The van der Waals surface area contributed by atoms with Crippen molar-refractivity contribution in [3.63, 3.8) is 0 Å². The van der Waals surface area contributed by atoms with Gasteiger partial charge in [-0.25, -0.2) is 9.67 Å². The van der Waals surface area contributed by atoms with Crippen molar-refractivity contribution in [2.75, 3.05) is 13.1 Å². The molecule has 0 N–H and O–H groups in total. The largest absolute Gasteiger partial charge is 0.369 e. The molecule has 140 valence electrons. The summed E-state index contributed by atoms with van der Waals surface area (Å²) in [5, 5.41) is 5.36. The Kier molecular flexibility index (Phi) is 4.06. The van der Waals surface area contributed by atoms with Crippen molar-refractivity contribution < 1.29 is 9.53 Å². The number of rotatable bonds is 3. The highest BCUT2D eigenvalue weighted by Crippen LogP contribution is 2.40. The average Bonchev–Trinajstić information content (AvgIpc) is 3.30. The Morgan fingerprint density at radius 1 is 1.35 bits per heavy atom. The molecule has 2 aromatic heterocycles. The van der Waals surface area contributed by atoms with E-state index in [0.29, 0.717) is 19.0 Å². The van der Waals surface area contributed by atoms with Crippen LogP contribution in [0.2, 0.25) is 0 Å². The number of hydrogen-bond acceptors (Lipinski definition) is 4. The minimum absolute atomic E-state index is 0.0290. The first-order valence-electron chi connectivity index (χ1n) is 9.60. The van der Waals surface area contributed by atoms with E-state index < -0.39 is 0 Å². The van der Waals surface area contributed by atoms with E-state index in [2.05, 4.69) is 18.9 Å². The highest BCUT2D eigenvalue weighted by Gasteiger charge is 2.35. The summed E-state index contributed by atoms with van der Waals surface area (Å²) in [5.41, 5.74) is 2.26. The van der Waals surface area contributed by atoms with E-state index in [-0.39, 0.29) is 23.7 Å². The minimum Gasteiger partial charge on any atom is -0.369 e. The van der Waals surface area contributed by atoms with Crippen molar-refractivity contribution in [1.82, 2.24) is 19.7 Å². The van der Waals surface area contributed by atoms with E-state index in [0.717, 1.165) is 35.1 Å². The van der Waals surface area contributed by atoms with Crippen molar-refractivity contribution in [2.24, 2.45) is 0 Å². The van der Waals surface area contributed by atoms with E-state index >= 15 is 0 Å². The van der Waals surface area contributed by atoms with Crippen LogP contribution in [-0.4, -0.2) is 50.4 Å². The molecule has 6 nitrogen and oxygen atoms in total. The lowest BCUT2D eigenvalue weighted by molar-refractivity contribution is -0.118. The molecule has 2 aromatic rings. The van der Waals surface area contributed by atoms with Gasteiger partial charge in [0.25, 0.3) is 5.91 Å². The van der Waals surface area contributed by atoms with Crippen molar-refractivity contribution in [2.45, 2.75) is 71.1 Å². The second-order valence-corrected chi connectivity index (χ2v) is 8.66. The Morgan fingerprint density at radius 3 is 2.69 bits per heavy atom. The zero-order valence-corrected chi connectivity index (χ0v) is 16.3. The number of pyridine rings is 1. The van der Waals surface area contributed by atoms with Crippen molar-refractivity contribution in [3.8, 4) is 0 Å². The first-order valence-corrected chi connectivity index (χ1v) is 9.60. The van der Waals surface area contributed by atoms with Gasteiger partial charge in [-0.1, -0.05) is 0 Å². The van der Waals surface area contributed by atoms with Gasteiger partial charge in [0.1, 0.15) is 0 Å². The lowest BCUT2D eigenvalue weighted by Gasteiger charge is -2.41. The third kappa shape index (κ3) is 3.11. The summed E-state index contributed by atoms with van der Waals surface area (Å²) in [5.74, 6) is 0.548. The topological polar surface area (TPSA) is 60.2 Å². The Morgan fingerprint density at radius 2 is 2.08 bits per heavy atom. The minimum atomic E-state index is -0.332. The number of hydrogen-bond donors (Lipinski definition) is 0. The number of carbonyl (C=O) groups excluding carboxylic acids is 1. The van der Waals surface area contributed by atoms with Gasteiger partial charge in [-0.15, -0.1) is 0 Å². The number of amides is 1. The van der Waals surface area contributed by atoms with Gasteiger partial charge in [0.2, 0.25) is 0 Å². The lowest BCUT2D eigenvalue weighted by Crippen LogP contribution is -2.53. The van der Waals surface area contributed by atoms with Crippen molar-refractivity contribution in [1.29, 1.82) is 0 Å². The van der Waals surface area contributed by atoms with Gasteiger partial charge in [0.15, 0.2) is 5.65 Å². The van der Waals surface area contributed by atoms with Crippen LogP contribution in [0.15, 0.2) is 12.3 Å². The molecule has 1 unspecified atom stereocenters. The average molecular weight is 356 g/mol. The SMILES string of the molecule is CC1CN(C(=O)c2cc(C3CC3)nc3c2cnn3C(C)C)CC(C)(C)O1. The summed E-state index contributed by atoms with van der Waals surface area (Å²) < 4.78 is 7.88. The molecule has 26 heavy (non-hydrogen) atoms. The summed E-state index contributed by atoms with van der Waals surface area (Å²) in [6, 6.07) is 2.21. The van der Waals surface area contributed by atoms with E-state index in [1.54, 1.807) is 6.20 Å². The van der Waals surface area contributed by atoms with E-state index in [4.69, 9.17) is 9.72 Å². The van der Waals surface area contributed by atoms with Crippen LogP contribution < -0.4 is 0 Å². The molecule has 1 aliphatic heterocycles. The highest BCUT2D eigenvalue weighted by molar-refractivity contribution is 6.05. The van der Waals surface area contributed by atoms with Gasteiger partial charge in [-0.2, -0.15) is 5.10 Å². The number of aromatic nitrogens is 3. The molecule has 4 rings (SSSR count). The monoisotopic (exact) mass is 356 g/mol. The zero-order valence-electron chi connectivity index (χ0n) is 16.3. The number of ether oxygens (including phenoxy) is 1. The molecule has 0 radical (unpaired) electrons. The first-order chi connectivity index (χ1) is 12.2. The van der Waals surface area contributed by atoms with Crippen molar-refractivity contribution >= 4 is 16.9 Å². The fourth-order valence-electron chi connectivity index (χ4n) is 3.96. The van der Waals surface area contributed by atoms with Gasteiger partial charge >= 0.3 is 0 Å². The van der Waals surface area contributed by atoms with E-state index in [1.165, 1.54) is 0 Å². The van der Waals surface area contributed by atoms with Crippen LogP contribution in [0, 0.1) is 0 Å². The number of fused-ring (bicyclic) bond motifs is 1. The lowest BCUT2D eigenvalue weighted by atomic mass is 10.0. The Hall–Kier alpha value is -1.95. The Bertz CT molecular complexity index is 851. The molecule has 1 atom stereocenters. The van der Waals surface area contributed by atoms with Gasteiger partial charge in [-0.3, -0.25) is 4.79 Å². The number of morpholine rings is 1. The predicted molar refractivity (Wildman–Crippen MR) is 100 cm³/mol. The van der Waals surface area contributed by atoms with Gasteiger partial charge in [0.05, 0.1) is 28.9 Å². The summed E-state index contributed by atoms with van der Waals surface area (Å²) in [7, 11) is 0. The maximum absolute atomic E-state index is 13.4. The quantitative estimate of drug-likeness (QED) is 0.844. The highest BCUT2D eigenvalue weighted by atomic mass is 16.5. The normalized spacial score (nSPS) is 23.0. The Labute approximate surface area is 154 Å². The number of carbonyl (C=O) groups is 1. The van der Waals surface area contributed by atoms with E-state index in [1.807, 2.05) is 36.4 Å². The summed E-state index contributed by atoms with van der Waals surface area (Å²) in [4.78, 5) is 20.2. The molecule has 0 bridgehead atoms. The molecule has 1 aliphatic carbocycles. The fraction of sp³-hybridized carbons (Fsp3) is 0.650. The molecule has 0 spiro atoms. The van der Waals surface area contributed by atoms with Crippen LogP contribution in [0.25, 0.3) is 11.0 Å². The second kappa shape index (κ2) is 6.05. The van der Waals surface area contributed by atoms with Crippen molar-refractivity contribution in [3.05, 3.63) is 23.5 Å². The van der Waals surface area contributed by atoms with Crippen LogP contribution in [0.1, 0.15) is 75.5 Å². The number of nitrogens with zero attached hydrogens (tertiary/aromatic N) is 4. The second-order valence-electron chi connectivity index (χ2n) is 8.66. The van der Waals surface area contributed by atoms with Crippen LogP contribution in [0.5, 0.6) is 0 Å². The Balaban J connectivity index is 1.78. The standard InChI is InChI=1S/C20H28N4O2/c1-12(2)24-18-16(9-21-24)15(8-17(22-18)14-6-7-14)19(25)23-10-13(3)26-20(4,5)11-23/h8-9,12-14H,6-7,10-11H2,1-5H3. The van der Waals surface area contributed by atoms with Gasteiger partial charge in [-0.05, 0) is 53.5 Å². The summed E-state index contributed by atoms with van der Waals surface area (Å²) in [6.07, 6.45) is 4.13. The maximum Gasteiger partial charge on any atom is 0.254 e. The maximum atomic E-state index is 13.4. The zero-order chi connectivity index (χ0) is 18.6. The van der Waals surface area contributed by atoms with Crippen LogP contribution in [0.4, 0.5) is 0 Å². The summed E-state index contributed by atoms with van der Waals surface area (Å²) >= 11 is 0. The molecular formula is C20H28N4O2. The third-order valence-electron chi connectivity index (χ3n) is 5.16. The van der Waals surface area contributed by atoms with E-state index in [9.17, 15) is 4.79 Å². The molecule has 3 heterocycles. The molecule has 1 amide bonds. The van der Waals surface area contributed by atoms with Gasteiger partial charge in [0, 0.05) is 30.7 Å². The molecule has 1 saturated carbocycles. The smallest absolute Gasteiger partial charge is 0.254 e. The fourth-order valence-corrected chi connectivity index (χ4v) is 3.96. The molecule has 1 saturated heterocycles. The van der Waals surface area contributed by atoms with Gasteiger partial charge < -0.3 is 9.64 Å². The molecular weight excluding hydrogens is 328 g/mol. The van der Waals surface area contributed by atoms with Crippen LogP contribution in [-0.2, 0) is 4.74 Å². The third-order valence-corrected chi connectivity index (χ3v) is 5.16. The molecule has 2 fully saturated rings. The molecule has 2 aliphatic rings. The first kappa shape index (κ1) is 17.5. The summed E-state index contributed by atoms with van der Waals surface area (Å²) in [6.45, 7) is 11.5. The predicted octanol–water partition coefficient (Wildman–Crippen LogP) is 3.53.